The summed E-state index contributed by atoms with van der Waals surface area (Å²) in [5, 5.41) is 3.59. The molecule has 0 spiro atoms. The van der Waals surface area contributed by atoms with Gasteiger partial charge in [0.15, 0.2) is 5.78 Å². The maximum atomic E-state index is 12.5. The van der Waals surface area contributed by atoms with E-state index in [1.54, 1.807) is 32.2 Å². The molecule has 2 amide bonds. The molecule has 22 heavy (non-hydrogen) atoms. The molecule has 1 heterocycles. The largest absolute Gasteiger partial charge is 0.327 e. The van der Waals surface area contributed by atoms with Crippen LogP contribution in [0.4, 0.5) is 4.79 Å². The molecule has 1 aliphatic rings. The summed E-state index contributed by atoms with van der Waals surface area (Å²) in [4.78, 5) is 26.1. The molecule has 1 aromatic carbocycles. The van der Waals surface area contributed by atoms with E-state index in [2.05, 4.69) is 5.32 Å². The number of allylic oxidation sites excluding steroid dienone is 1. The summed E-state index contributed by atoms with van der Waals surface area (Å²) >= 11 is 12.3. The smallest absolute Gasteiger partial charge is 0.322 e. The van der Waals surface area contributed by atoms with Crippen LogP contribution in [0.5, 0.6) is 0 Å². The van der Waals surface area contributed by atoms with Crippen molar-refractivity contribution in [1.29, 1.82) is 0 Å². The van der Waals surface area contributed by atoms with Crippen molar-refractivity contribution in [2.45, 2.75) is 32.7 Å². The SMILES string of the molecule is CCCC(=O)C1=C(C)N(C)C(=O)NC1c1cccc(Cl)c1Cl. The Morgan fingerprint density at radius 1 is 1.36 bits per heavy atom. The quantitative estimate of drug-likeness (QED) is 0.886. The zero-order valence-electron chi connectivity index (χ0n) is 12.7. The van der Waals surface area contributed by atoms with Gasteiger partial charge in [0.2, 0.25) is 0 Å². The number of nitrogens with zero attached hydrogens (tertiary/aromatic N) is 1. The fraction of sp³-hybridized carbons (Fsp3) is 0.375. The summed E-state index contributed by atoms with van der Waals surface area (Å²) in [6.45, 7) is 3.72. The molecule has 1 N–H and O–H groups in total. The van der Waals surface area contributed by atoms with Gasteiger partial charge in [0.1, 0.15) is 0 Å². The first-order valence-electron chi connectivity index (χ1n) is 7.10. The van der Waals surface area contributed by atoms with Crippen LogP contribution in [0.3, 0.4) is 0 Å². The van der Waals surface area contributed by atoms with Crippen LogP contribution >= 0.6 is 23.2 Å². The summed E-state index contributed by atoms with van der Waals surface area (Å²) < 4.78 is 0. The molecule has 0 saturated carbocycles. The Kier molecular flexibility index (Phi) is 5.14. The minimum Gasteiger partial charge on any atom is -0.327 e. The van der Waals surface area contributed by atoms with E-state index in [4.69, 9.17) is 23.2 Å². The van der Waals surface area contributed by atoms with Crippen molar-refractivity contribution in [2.24, 2.45) is 0 Å². The summed E-state index contributed by atoms with van der Waals surface area (Å²) in [5.74, 6) is 0.00731. The van der Waals surface area contributed by atoms with E-state index >= 15 is 0 Å². The number of Topliss-reactive ketones (excluding diaryl/α,β-unsaturated/α-hetero) is 1. The lowest BCUT2D eigenvalue weighted by molar-refractivity contribution is -0.116. The minimum atomic E-state index is -0.575. The number of benzene rings is 1. The Morgan fingerprint density at radius 2 is 2.05 bits per heavy atom. The highest BCUT2D eigenvalue weighted by molar-refractivity contribution is 6.42. The van der Waals surface area contributed by atoms with Crippen LogP contribution in [-0.2, 0) is 4.79 Å². The van der Waals surface area contributed by atoms with E-state index in [1.807, 2.05) is 6.92 Å². The molecule has 0 saturated heterocycles. The zero-order valence-corrected chi connectivity index (χ0v) is 14.3. The standard InChI is InChI=1S/C16H18Cl2N2O2/c1-4-6-12(21)13-9(2)20(3)16(22)19-15(13)10-7-5-8-11(17)14(10)18/h5,7-8,15H,4,6H2,1-3H3,(H,19,22). The van der Waals surface area contributed by atoms with Gasteiger partial charge >= 0.3 is 6.03 Å². The molecule has 118 valence electrons. The van der Waals surface area contributed by atoms with Crippen molar-refractivity contribution in [3.05, 3.63) is 45.1 Å². The number of carbonyl (C=O) groups is 2. The summed E-state index contributed by atoms with van der Waals surface area (Å²) in [7, 11) is 1.64. The Morgan fingerprint density at radius 3 is 2.68 bits per heavy atom. The molecular weight excluding hydrogens is 323 g/mol. The normalized spacial score (nSPS) is 18.5. The van der Waals surface area contributed by atoms with Crippen LogP contribution in [-0.4, -0.2) is 23.8 Å². The van der Waals surface area contributed by atoms with Gasteiger partial charge in [-0.3, -0.25) is 4.79 Å². The molecule has 4 nitrogen and oxygen atoms in total. The lowest BCUT2D eigenvalue weighted by atomic mass is 9.90. The fourth-order valence-electron chi connectivity index (χ4n) is 2.54. The maximum absolute atomic E-state index is 12.5. The first-order valence-corrected chi connectivity index (χ1v) is 7.86. The van der Waals surface area contributed by atoms with Gasteiger partial charge in [0.25, 0.3) is 0 Å². The van der Waals surface area contributed by atoms with Crippen LogP contribution in [0, 0.1) is 0 Å². The molecule has 0 aromatic heterocycles. The topological polar surface area (TPSA) is 49.4 Å². The van der Waals surface area contributed by atoms with Crippen LogP contribution < -0.4 is 5.32 Å². The molecule has 1 unspecified atom stereocenters. The van der Waals surface area contributed by atoms with Crippen molar-refractivity contribution in [3.8, 4) is 0 Å². The van der Waals surface area contributed by atoms with E-state index < -0.39 is 6.04 Å². The molecule has 1 aromatic rings. The summed E-state index contributed by atoms with van der Waals surface area (Å²) in [6.07, 6.45) is 1.16. The Balaban J connectivity index is 2.58. The van der Waals surface area contributed by atoms with Crippen molar-refractivity contribution >= 4 is 35.0 Å². The number of amides is 2. The maximum Gasteiger partial charge on any atom is 0.322 e. The van der Waals surface area contributed by atoms with Gasteiger partial charge in [-0.1, -0.05) is 42.3 Å². The van der Waals surface area contributed by atoms with E-state index in [9.17, 15) is 9.59 Å². The molecule has 0 aliphatic carbocycles. The predicted octanol–water partition coefficient (Wildman–Crippen LogP) is 4.33. The number of ketones is 1. The number of carbonyl (C=O) groups excluding carboxylic acids is 2. The molecule has 0 radical (unpaired) electrons. The van der Waals surface area contributed by atoms with Gasteiger partial charge in [-0.05, 0) is 25.0 Å². The second-order valence-electron chi connectivity index (χ2n) is 5.26. The summed E-state index contributed by atoms with van der Waals surface area (Å²) in [5.41, 5.74) is 1.84. The number of rotatable bonds is 4. The molecule has 6 heteroatoms. The highest BCUT2D eigenvalue weighted by Crippen LogP contribution is 2.37. The lowest BCUT2D eigenvalue weighted by Crippen LogP contribution is -2.46. The van der Waals surface area contributed by atoms with Gasteiger partial charge in [-0.15, -0.1) is 0 Å². The van der Waals surface area contributed by atoms with Crippen molar-refractivity contribution < 1.29 is 9.59 Å². The van der Waals surface area contributed by atoms with E-state index in [0.29, 0.717) is 33.3 Å². The first-order chi connectivity index (χ1) is 10.4. The van der Waals surface area contributed by atoms with Crippen molar-refractivity contribution in [3.63, 3.8) is 0 Å². The fourth-order valence-corrected chi connectivity index (χ4v) is 2.95. The van der Waals surface area contributed by atoms with Gasteiger partial charge in [-0.2, -0.15) is 0 Å². The third-order valence-electron chi connectivity index (χ3n) is 3.82. The van der Waals surface area contributed by atoms with Crippen molar-refractivity contribution in [2.75, 3.05) is 7.05 Å². The third-order valence-corrected chi connectivity index (χ3v) is 4.66. The van der Waals surface area contributed by atoms with Gasteiger partial charge in [0, 0.05) is 24.7 Å². The lowest BCUT2D eigenvalue weighted by Gasteiger charge is -2.34. The number of halogens is 2. The monoisotopic (exact) mass is 340 g/mol. The van der Waals surface area contributed by atoms with E-state index in [0.717, 1.165) is 6.42 Å². The second-order valence-corrected chi connectivity index (χ2v) is 6.04. The Hall–Kier alpha value is -1.52. The Bertz CT molecular complexity index is 656. The number of hydrogen-bond acceptors (Lipinski definition) is 2. The highest BCUT2D eigenvalue weighted by atomic mass is 35.5. The molecule has 1 aliphatic heterocycles. The molecular formula is C16H18Cl2N2O2. The zero-order chi connectivity index (χ0) is 16.4. The van der Waals surface area contributed by atoms with E-state index in [1.165, 1.54) is 4.90 Å². The van der Waals surface area contributed by atoms with Crippen molar-refractivity contribution in [1.82, 2.24) is 10.2 Å². The Labute approximate surface area is 140 Å². The highest BCUT2D eigenvalue weighted by Gasteiger charge is 2.34. The average Bonchev–Trinajstić information content (AvgIpc) is 2.47. The molecule has 0 fully saturated rings. The summed E-state index contributed by atoms with van der Waals surface area (Å²) in [6, 6.07) is 4.36. The van der Waals surface area contributed by atoms with Crippen LogP contribution in [0.15, 0.2) is 29.5 Å². The molecule has 1 atom stereocenters. The first kappa shape index (κ1) is 16.8. The minimum absolute atomic E-state index is 0.00731. The third kappa shape index (κ3) is 2.99. The van der Waals surface area contributed by atoms with Crippen LogP contribution in [0.1, 0.15) is 38.3 Å². The van der Waals surface area contributed by atoms with Gasteiger partial charge in [0.05, 0.1) is 16.1 Å². The second kappa shape index (κ2) is 6.71. The predicted molar refractivity (Wildman–Crippen MR) is 88.1 cm³/mol. The average molecular weight is 341 g/mol. The number of nitrogens with one attached hydrogen (secondary N) is 1. The van der Waals surface area contributed by atoms with E-state index in [-0.39, 0.29) is 11.8 Å². The van der Waals surface area contributed by atoms with Gasteiger partial charge in [-0.25, -0.2) is 4.79 Å². The van der Waals surface area contributed by atoms with Crippen LogP contribution in [0.25, 0.3) is 0 Å². The number of urea groups is 1. The number of hydrogen-bond donors (Lipinski definition) is 1. The molecule has 0 bridgehead atoms. The van der Waals surface area contributed by atoms with Crippen LogP contribution in [0.2, 0.25) is 10.0 Å². The van der Waals surface area contributed by atoms with Gasteiger partial charge < -0.3 is 10.2 Å². The molecule has 2 rings (SSSR count).